The summed E-state index contributed by atoms with van der Waals surface area (Å²) in [7, 11) is 1.74. The molecule has 4 rings (SSSR count). The molecule has 7 nitrogen and oxygen atoms in total. The van der Waals surface area contributed by atoms with Crippen LogP contribution in [-0.2, 0) is 4.74 Å². The van der Waals surface area contributed by atoms with Crippen LogP contribution in [0.4, 0.5) is 0 Å². The van der Waals surface area contributed by atoms with Crippen LogP contribution in [0, 0.1) is 0 Å². The van der Waals surface area contributed by atoms with E-state index in [4.69, 9.17) is 9.47 Å². The van der Waals surface area contributed by atoms with Gasteiger partial charge in [-0.15, -0.1) is 0 Å². The smallest absolute Gasteiger partial charge is 0.257 e. The Morgan fingerprint density at radius 2 is 2.12 bits per heavy atom. The Labute approximate surface area is 152 Å². The molecule has 2 aliphatic rings. The summed E-state index contributed by atoms with van der Waals surface area (Å²) in [5, 5.41) is 0. The van der Waals surface area contributed by atoms with Gasteiger partial charge in [-0.3, -0.25) is 4.79 Å². The zero-order valence-corrected chi connectivity index (χ0v) is 14.7. The minimum Gasteiger partial charge on any atom is -0.474 e. The van der Waals surface area contributed by atoms with Gasteiger partial charge in [0.1, 0.15) is 12.4 Å². The molecular weight excluding hydrogens is 332 g/mol. The Morgan fingerprint density at radius 1 is 1.27 bits per heavy atom. The molecule has 1 amide bonds. The third-order valence-corrected chi connectivity index (χ3v) is 5.54. The van der Waals surface area contributed by atoms with E-state index in [1.54, 1.807) is 25.7 Å². The van der Waals surface area contributed by atoms with E-state index in [0.29, 0.717) is 18.0 Å². The molecule has 136 valence electrons. The molecule has 2 fully saturated rings. The average Bonchev–Trinajstić information content (AvgIpc) is 3.08. The maximum Gasteiger partial charge on any atom is 0.257 e. The summed E-state index contributed by atoms with van der Waals surface area (Å²) in [5.74, 6) is 0.572. The van der Waals surface area contributed by atoms with Gasteiger partial charge in [0.05, 0.1) is 17.2 Å². The van der Waals surface area contributed by atoms with E-state index in [0.717, 1.165) is 25.7 Å². The maximum atomic E-state index is 13.0. The van der Waals surface area contributed by atoms with Crippen LogP contribution in [0.1, 0.15) is 36.0 Å². The lowest BCUT2D eigenvalue weighted by Gasteiger charge is -2.43. The molecule has 7 heteroatoms. The second-order valence-electron chi connectivity index (χ2n) is 6.84. The number of methoxy groups -OCH3 is 1. The fraction of sp³-hybridized carbons (Fsp3) is 0.474. The van der Waals surface area contributed by atoms with E-state index >= 15 is 0 Å². The number of likely N-dealkylation sites (tertiary alicyclic amines) is 1. The summed E-state index contributed by atoms with van der Waals surface area (Å²) in [6.45, 7) is 0.669. The summed E-state index contributed by atoms with van der Waals surface area (Å²) in [4.78, 5) is 27.0. The number of hydrogen-bond donors (Lipinski definition) is 0. The average molecular weight is 354 g/mol. The molecule has 0 aromatic carbocycles. The molecule has 0 radical (unpaired) electrons. The minimum atomic E-state index is -0.296. The van der Waals surface area contributed by atoms with Crippen LogP contribution in [0.15, 0.2) is 43.1 Å². The van der Waals surface area contributed by atoms with Crippen molar-refractivity contribution in [3.8, 4) is 5.88 Å². The largest absolute Gasteiger partial charge is 0.474 e. The molecular formula is C19H22N4O3. The highest BCUT2D eigenvalue weighted by Crippen LogP contribution is 2.43. The molecule has 26 heavy (non-hydrogen) atoms. The molecule has 1 saturated carbocycles. The fourth-order valence-corrected chi connectivity index (χ4v) is 4.18. The number of rotatable bonds is 4. The Kier molecular flexibility index (Phi) is 4.55. The quantitative estimate of drug-likeness (QED) is 0.837. The summed E-state index contributed by atoms with van der Waals surface area (Å²) in [6.07, 6.45) is 9.60. The van der Waals surface area contributed by atoms with E-state index in [1.807, 2.05) is 23.1 Å². The maximum absolute atomic E-state index is 13.0. The Morgan fingerprint density at radius 3 is 2.85 bits per heavy atom. The van der Waals surface area contributed by atoms with Crippen LogP contribution in [0.2, 0.25) is 0 Å². The van der Waals surface area contributed by atoms with Gasteiger partial charge in [0.2, 0.25) is 5.88 Å². The zero-order valence-electron chi connectivity index (χ0n) is 14.7. The number of carbonyl (C=O) groups excluding carboxylic acids is 1. The Bertz CT molecular complexity index is 758. The molecule has 3 heterocycles. The van der Waals surface area contributed by atoms with Crippen molar-refractivity contribution in [3.63, 3.8) is 0 Å². The number of pyridine rings is 1. The number of ether oxygens (including phenoxy) is 2. The monoisotopic (exact) mass is 354 g/mol. The van der Waals surface area contributed by atoms with Crippen molar-refractivity contribution < 1.29 is 14.3 Å². The van der Waals surface area contributed by atoms with Crippen molar-refractivity contribution in [2.24, 2.45) is 0 Å². The molecule has 3 atom stereocenters. The van der Waals surface area contributed by atoms with Crippen molar-refractivity contribution in [2.75, 3.05) is 13.7 Å². The predicted molar refractivity (Wildman–Crippen MR) is 93.7 cm³/mol. The molecule has 2 aromatic heterocycles. The fourth-order valence-electron chi connectivity index (χ4n) is 4.18. The number of hydrogen-bond acceptors (Lipinski definition) is 6. The summed E-state index contributed by atoms with van der Waals surface area (Å²) in [6, 6.07) is 5.61. The normalized spacial score (nSPS) is 27.8. The van der Waals surface area contributed by atoms with Gasteiger partial charge in [-0.2, -0.15) is 0 Å². The van der Waals surface area contributed by atoms with Gasteiger partial charge in [-0.05, 0) is 25.3 Å². The lowest BCUT2D eigenvalue weighted by molar-refractivity contribution is -0.0788. The van der Waals surface area contributed by atoms with E-state index in [2.05, 4.69) is 15.0 Å². The lowest BCUT2D eigenvalue weighted by atomic mass is 9.79. The van der Waals surface area contributed by atoms with Crippen molar-refractivity contribution >= 4 is 5.91 Å². The van der Waals surface area contributed by atoms with Crippen LogP contribution in [-0.4, -0.2) is 57.2 Å². The highest BCUT2D eigenvalue weighted by Gasteiger charge is 2.53. The molecule has 1 aliphatic heterocycles. The van der Waals surface area contributed by atoms with Crippen molar-refractivity contribution in [2.45, 2.75) is 43.4 Å². The SMILES string of the molecule is CO[C@@]12CCC(Oc3ccccn3)CC1N(C(=O)c1cncnc1)CC2. The van der Waals surface area contributed by atoms with E-state index in [9.17, 15) is 4.79 Å². The van der Waals surface area contributed by atoms with Gasteiger partial charge >= 0.3 is 0 Å². The number of carbonyl (C=O) groups is 1. The molecule has 0 spiro atoms. The first-order chi connectivity index (χ1) is 12.7. The third-order valence-electron chi connectivity index (χ3n) is 5.54. The third kappa shape index (κ3) is 3.03. The summed E-state index contributed by atoms with van der Waals surface area (Å²) < 4.78 is 12.0. The highest BCUT2D eigenvalue weighted by atomic mass is 16.5. The van der Waals surface area contributed by atoms with Crippen LogP contribution in [0.25, 0.3) is 0 Å². The van der Waals surface area contributed by atoms with E-state index in [1.165, 1.54) is 6.33 Å². The van der Waals surface area contributed by atoms with Gasteiger partial charge in [-0.25, -0.2) is 15.0 Å². The topological polar surface area (TPSA) is 77.4 Å². The first-order valence-electron chi connectivity index (χ1n) is 8.91. The first kappa shape index (κ1) is 16.9. The molecule has 0 N–H and O–H groups in total. The second kappa shape index (κ2) is 6.99. The van der Waals surface area contributed by atoms with Crippen LogP contribution >= 0.6 is 0 Å². The van der Waals surface area contributed by atoms with Crippen molar-refractivity contribution in [1.82, 2.24) is 19.9 Å². The predicted octanol–water partition coefficient (Wildman–Crippen LogP) is 2.10. The van der Waals surface area contributed by atoms with Crippen molar-refractivity contribution in [3.05, 3.63) is 48.7 Å². The standard InChI is InChI=1S/C19H22N4O3/c1-25-19-6-5-15(26-17-4-2-3-8-22-17)10-16(19)23(9-7-19)18(24)14-11-20-13-21-12-14/h2-4,8,11-13,15-16H,5-7,9-10H2,1H3/t15?,16?,19-/m1/s1. The number of fused-ring (bicyclic) bond motifs is 1. The van der Waals surface area contributed by atoms with Gasteiger partial charge in [0, 0.05) is 44.7 Å². The molecule has 0 bridgehead atoms. The van der Waals surface area contributed by atoms with Gasteiger partial charge in [-0.1, -0.05) is 6.07 Å². The van der Waals surface area contributed by atoms with Crippen molar-refractivity contribution in [1.29, 1.82) is 0 Å². The van der Waals surface area contributed by atoms with Gasteiger partial charge < -0.3 is 14.4 Å². The first-order valence-corrected chi connectivity index (χ1v) is 8.91. The second-order valence-corrected chi connectivity index (χ2v) is 6.84. The summed E-state index contributed by atoms with van der Waals surface area (Å²) in [5.41, 5.74) is 0.210. The van der Waals surface area contributed by atoms with Crippen LogP contribution in [0.3, 0.4) is 0 Å². The molecule has 1 aliphatic carbocycles. The number of nitrogens with zero attached hydrogens (tertiary/aromatic N) is 4. The van der Waals surface area contributed by atoms with Gasteiger partial charge in [0.25, 0.3) is 5.91 Å². The Hall–Kier alpha value is -2.54. The molecule has 1 saturated heterocycles. The Balaban J connectivity index is 1.54. The molecule has 2 unspecified atom stereocenters. The number of aromatic nitrogens is 3. The highest BCUT2D eigenvalue weighted by molar-refractivity contribution is 5.94. The van der Waals surface area contributed by atoms with Gasteiger partial charge in [0.15, 0.2) is 0 Å². The van der Waals surface area contributed by atoms with Crippen LogP contribution in [0.5, 0.6) is 5.88 Å². The van der Waals surface area contributed by atoms with E-state index in [-0.39, 0.29) is 23.7 Å². The lowest BCUT2D eigenvalue weighted by Crippen LogP contribution is -2.53. The minimum absolute atomic E-state index is 0.0126. The summed E-state index contributed by atoms with van der Waals surface area (Å²) >= 11 is 0. The zero-order chi connectivity index (χ0) is 18.0. The molecule has 2 aromatic rings. The van der Waals surface area contributed by atoms with E-state index < -0.39 is 0 Å². The van der Waals surface area contributed by atoms with Crippen LogP contribution < -0.4 is 4.74 Å². The number of amides is 1.